The lowest BCUT2D eigenvalue weighted by molar-refractivity contribution is -0.137. The molecule has 0 bridgehead atoms. The summed E-state index contributed by atoms with van der Waals surface area (Å²) in [5, 5.41) is 10.3. The van der Waals surface area contributed by atoms with Crippen molar-refractivity contribution in [2.45, 2.75) is 23.2 Å². The van der Waals surface area contributed by atoms with Gasteiger partial charge in [0.05, 0.1) is 16.3 Å². The number of pyridine rings is 1. The average Bonchev–Trinajstić information content (AvgIpc) is 2.71. The van der Waals surface area contributed by atoms with E-state index in [4.69, 9.17) is 16.7 Å². The smallest absolute Gasteiger partial charge is 0.261 e. The monoisotopic (exact) mass is 412 g/mol. The Hall–Kier alpha value is -1.56. The van der Waals surface area contributed by atoms with Gasteiger partial charge in [0, 0.05) is 24.2 Å². The van der Waals surface area contributed by atoms with Gasteiger partial charge in [0.1, 0.15) is 10.1 Å². The molecule has 2 heterocycles. The minimum absolute atomic E-state index is 0.128. The van der Waals surface area contributed by atoms with Gasteiger partial charge in [0.2, 0.25) is 10.0 Å². The van der Waals surface area contributed by atoms with Crippen LogP contribution in [0.1, 0.15) is 16.8 Å². The summed E-state index contributed by atoms with van der Waals surface area (Å²) in [5.41, 5.74) is -0.00963. The normalized spacial score (nSPS) is 12.9. The molecule has 0 saturated heterocycles. The largest absolute Gasteiger partial charge is 0.417 e. The number of aryl methyl sites for hydroxylation is 2. The highest BCUT2D eigenvalue weighted by molar-refractivity contribution is 7.99. The highest BCUT2D eigenvalue weighted by Gasteiger charge is 2.31. The summed E-state index contributed by atoms with van der Waals surface area (Å²) in [5.74, 6) is 0. The lowest BCUT2D eigenvalue weighted by atomic mass is 10.3. The van der Waals surface area contributed by atoms with E-state index < -0.39 is 21.8 Å². The van der Waals surface area contributed by atoms with E-state index in [1.807, 2.05) is 0 Å². The first kappa shape index (κ1) is 19.8. The van der Waals surface area contributed by atoms with Gasteiger partial charge in [0.25, 0.3) is 0 Å². The molecule has 2 rings (SSSR count). The zero-order valence-electron chi connectivity index (χ0n) is 12.9. The van der Waals surface area contributed by atoms with Crippen molar-refractivity contribution >= 4 is 39.5 Å². The predicted octanol–water partition coefficient (Wildman–Crippen LogP) is 3.21. The summed E-state index contributed by atoms with van der Waals surface area (Å²) >= 11 is 6.86. The third kappa shape index (κ3) is 4.97. The van der Waals surface area contributed by atoms with Crippen molar-refractivity contribution in [1.82, 2.24) is 14.8 Å². The zero-order valence-corrected chi connectivity index (χ0v) is 15.3. The molecule has 0 radical (unpaired) electrons. The second kappa shape index (κ2) is 6.98. The lowest BCUT2D eigenvalue weighted by Gasteiger charge is -2.09. The van der Waals surface area contributed by atoms with Gasteiger partial charge < -0.3 is 0 Å². The van der Waals surface area contributed by atoms with Gasteiger partial charge >= 0.3 is 6.18 Å². The molecule has 6 nitrogen and oxygen atoms in total. The SMILES string of the molecule is Cc1nn(C)c(Sc2ncc(C(F)(F)F)cc2Cl)c1/C=C/S(N)(=O)=O. The molecule has 2 aromatic heterocycles. The molecule has 0 aliphatic carbocycles. The van der Waals surface area contributed by atoms with Crippen LogP contribution in [0, 0.1) is 6.92 Å². The number of sulfonamides is 1. The number of alkyl halides is 3. The summed E-state index contributed by atoms with van der Waals surface area (Å²) < 4.78 is 61.7. The molecule has 0 aromatic carbocycles. The Bertz CT molecular complexity index is 939. The van der Waals surface area contributed by atoms with Crippen LogP contribution in [0.4, 0.5) is 13.2 Å². The van der Waals surface area contributed by atoms with Crippen molar-refractivity contribution in [3.8, 4) is 0 Å². The van der Waals surface area contributed by atoms with E-state index >= 15 is 0 Å². The van der Waals surface area contributed by atoms with Crippen LogP contribution < -0.4 is 5.14 Å². The molecule has 0 fully saturated rings. The van der Waals surface area contributed by atoms with Crippen molar-refractivity contribution in [2.75, 3.05) is 0 Å². The maximum atomic E-state index is 12.7. The number of hydrogen-bond donors (Lipinski definition) is 1. The number of nitrogens with two attached hydrogens (primary N) is 1. The van der Waals surface area contributed by atoms with Crippen molar-refractivity contribution < 1.29 is 21.6 Å². The molecule has 0 unspecified atom stereocenters. The molecule has 2 aromatic rings. The fraction of sp³-hybridized carbons (Fsp3) is 0.231. The number of halogens is 4. The predicted molar refractivity (Wildman–Crippen MR) is 88.5 cm³/mol. The minimum Gasteiger partial charge on any atom is -0.261 e. The Morgan fingerprint density at radius 2 is 2.04 bits per heavy atom. The van der Waals surface area contributed by atoms with Gasteiger partial charge in [-0.3, -0.25) is 4.68 Å². The molecule has 0 amide bonds. The topological polar surface area (TPSA) is 90.9 Å². The quantitative estimate of drug-likeness (QED) is 0.832. The maximum Gasteiger partial charge on any atom is 0.417 e. The molecule has 12 heteroatoms. The minimum atomic E-state index is -4.55. The van der Waals surface area contributed by atoms with Crippen LogP contribution in [-0.2, 0) is 23.2 Å². The van der Waals surface area contributed by atoms with Gasteiger partial charge in [-0.1, -0.05) is 11.6 Å². The second-order valence-corrected chi connectivity index (χ2v) is 7.77. The molecular formula is C13H12ClF3N4O2S2. The standard InChI is InChI=1S/C13H12ClF3N4O2S2/c1-7-9(3-4-25(18,22)23)12(21(2)20-7)24-11-10(14)5-8(6-19-11)13(15,16)17/h3-6H,1-2H3,(H2,18,22,23)/b4-3+. The molecule has 0 spiro atoms. The molecule has 25 heavy (non-hydrogen) atoms. The van der Waals surface area contributed by atoms with Crippen LogP contribution in [0.15, 0.2) is 27.7 Å². The van der Waals surface area contributed by atoms with E-state index in [2.05, 4.69) is 10.1 Å². The van der Waals surface area contributed by atoms with E-state index in [-0.39, 0.29) is 10.0 Å². The molecule has 136 valence electrons. The number of nitrogens with zero attached hydrogens (tertiary/aromatic N) is 3. The van der Waals surface area contributed by atoms with Crippen LogP contribution in [0.3, 0.4) is 0 Å². The Morgan fingerprint density at radius 3 is 2.56 bits per heavy atom. The van der Waals surface area contributed by atoms with E-state index in [1.165, 1.54) is 10.8 Å². The van der Waals surface area contributed by atoms with Crippen molar-refractivity contribution in [3.63, 3.8) is 0 Å². The number of primary sulfonamides is 1. The molecule has 0 aliphatic heterocycles. The van der Waals surface area contributed by atoms with Gasteiger partial charge in [-0.05, 0) is 30.8 Å². The first-order valence-electron chi connectivity index (χ1n) is 6.53. The van der Waals surface area contributed by atoms with Crippen molar-refractivity contribution in [1.29, 1.82) is 0 Å². The van der Waals surface area contributed by atoms with E-state index in [0.29, 0.717) is 22.5 Å². The Kier molecular flexibility index (Phi) is 5.52. The zero-order chi connectivity index (χ0) is 19.0. The van der Waals surface area contributed by atoms with E-state index in [1.54, 1.807) is 14.0 Å². The fourth-order valence-corrected chi connectivity index (χ4v) is 3.43. The summed E-state index contributed by atoms with van der Waals surface area (Å²) in [6.45, 7) is 1.65. The Morgan fingerprint density at radius 1 is 1.40 bits per heavy atom. The second-order valence-electron chi connectivity index (χ2n) is 4.93. The van der Waals surface area contributed by atoms with Gasteiger partial charge in [0.15, 0.2) is 0 Å². The number of aromatic nitrogens is 3. The molecular weight excluding hydrogens is 401 g/mol. The number of rotatable bonds is 4. The highest BCUT2D eigenvalue weighted by atomic mass is 35.5. The fourth-order valence-electron chi connectivity index (χ4n) is 1.88. The van der Waals surface area contributed by atoms with Crippen LogP contribution in [0.25, 0.3) is 6.08 Å². The molecule has 0 saturated carbocycles. The van der Waals surface area contributed by atoms with Gasteiger partial charge in [-0.15, -0.1) is 0 Å². The Labute approximate surface area is 150 Å². The summed E-state index contributed by atoms with van der Waals surface area (Å²) in [4.78, 5) is 3.74. The summed E-state index contributed by atoms with van der Waals surface area (Å²) in [6, 6.07) is 0.778. The average molecular weight is 413 g/mol. The third-order valence-electron chi connectivity index (χ3n) is 2.97. The third-order valence-corrected chi connectivity index (χ3v) is 5.08. The molecule has 2 N–H and O–H groups in total. The maximum absolute atomic E-state index is 12.7. The lowest BCUT2D eigenvalue weighted by Crippen LogP contribution is -2.06. The van der Waals surface area contributed by atoms with Crippen LogP contribution in [0.5, 0.6) is 0 Å². The molecule has 0 aliphatic rings. The van der Waals surface area contributed by atoms with Crippen LogP contribution in [0.2, 0.25) is 5.02 Å². The Balaban J connectivity index is 2.43. The van der Waals surface area contributed by atoms with Crippen LogP contribution >= 0.6 is 23.4 Å². The first-order chi connectivity index (χ1) is 11.4. The highest BCUT2D eigenvalue weighted by Crippen LogP contribution is 2.38. The first-order valence-corrected chi connectivity index (χ1v) is 9.34. The van der Waals surface area contributed by atoms with E-state index in [9.17, 15) is 21.6 Å². The summed E-state index contributed by atoms with van der Waals surface area (Å²) in [7, 11) is -2.24. The van der Waals surface area contributed by atoms with Crippen molar-refractivity contribution in [3.05, 3.63) is 39.5 Å². The van der Waals surface area contributed by atoms with Gasteiger partial charge in [-0.25, -0.2) is 18.5 Å². The van der Waals surface area contributed by atoms with Gasteiger partial charge in [-0.2, -0.15) is 18.3 Å². The number of hydrogen-bond acceptors (Lipinski definition) is 5. The van der Waals surface area contributed by atoms with Crippen molar-refractivity contribution in [2.24, 2.45) is 12.2 Å². The van der Waals surface area contributed by atoms with Crippen LogP contribution in [-0.4, -0.2) is 23.2 Å². The van der Waals surface area contributed by atoms with E-state index in [0.717, 1.165) is 23.2 Å². The molecule has 0 atom stereocenters. The summed E-state index contributed by atoms with van der Waals surface area (Å²) in [6.07, 6.45) is -2.61.